The fourth-order valence-corrected chi connectivity index (χ4v) is 3.45. The van der Waals surface area contributed by atoms with E-state index in [4.69, 9.17) is 5.73 Å². The molecule has 0 radical (unpaired) electrons. The number of hydrogen-bond donors (Lipinski definition) is 2. The lowest BCUT2D eigenvalue weighted by Gasteiger charge is -2.35. The second-order valence-corrected chi connectivity index (χ2v) is 6.23. The van der Waals surface area contributed by atoms with E-state index < -0.39 is 0 Å². The second kappa shape index (κ2) is 5.85. The molecular weight excluding hydrogens is 244 g/mol. The van der Waals surface area contributed by atoms with Crippen LogP contribution in [0.1, 0.15) is 49.9 Å². The van der Waals surface area contributed by atoms with Crippen molar-refractivity contribution in [2.75, 3.05) is 6.54 Å². The monoisotopic (exact) mass is 266 g/mol. The summed E-state index contributed by atoms with van der Waals surface area (Å²) >= 11 is 1.68. The zero-order chi connectivity index (χ0) is 13.0. The predicted octanol–water partition coefficient (Wildman–Crippen LogP) is 2.83. The first-order chi connectivity index (χ1) is 8.68. The lowest BCUT2D eigenvalue weighted by Crippen LogP contribution is -2.47. The van der Waals surface area contributed by atoms with Crippen LogP contribution < -0.4 is 11.1 Å². The second-order valence-electron chi connectivity index (χ2n) is 5.26. The lowest BCUT2D eigenvalue weighted by atomic mass is 9.73. The molecule has 1 aliphatic carbocycles. The van der Waals surface area contributed by atoms with Crippen molar-refractivity contribution in [3.63, 3.8) is 0 Å². The highest BCUT2D eigenvalue weighted by atomic mass is 32.1. The summed E-state index contributed by atoms with van der Waals surface area (Å²) in [6.45, 7) is 2.51. The molecule has 0 aliphatic heterocycles. The van der Waals surface area contributed by atoms with Crippen LogP contribution in [0.2, 0.25) is 0 Å². The molecule has 1 atom stereocenters. The minimum atomic E-state index is -0.316. The molecule has 0 bridgehead atoms. The Kier molecular flexibility index (Phi) is 4.40. The fraction of sp³-hybridized carbons (Fsp3) is 0.643. The van der Waals surface area contributed by atoms with E-state index in [1.807, 2.05) is 18.4 Å². The number of thiophene rings is 1. The number of amides is 1. The van der Waals surface area contributed by atoms with Crippen molar-refractivity contribution in [3.05, 3.63) is 22.4 Å². The highest BCUT2D eigenvalue weighted by molar-refractivity contribution is 7.10. The van der Waals surface area contributed by atoms with Crippen LogP contribution in [-0.2, 0) is 4.79 Å². The lowest BCUT2D eigenvalue weighted by molar-refractivity contribution is -0.133. The zero-order valence-electron chi connectivity index (χ0n) is 10.9. The molecule has 3 nitrogen and oxygen atoms in total. The topological polar surface area (TPSA) is 55.1 Å². The van der Waals surface area contributed by atoms with Crippen molar-refractivity contribution in [2.24, 2.45) is 11.1 Å². The molecule has 2 rings (SSSR count). The molecule has 1 aromatic rings. The van der Waals surface area contributed by atoms with Crippen LogP contribution in [0.3, 0.4) is 0 Å². The molecule has 18 heavy (non-hydrogen) atoms. The van der Waals surface area contributed by atoms with E-state index in [9.17, 15) is 4.79 Å². The van der Waals surface area contributed by atoms with E-state index in [1.54, 1.807) is 11.3 Å². The van der Waals surface area contributed by atoms with Crippen LogP contribution in [0.15, 0.2) is 17.5 Å². The Morgan fingerprint density at radius 3 is 2.78 bits per heavy atom. The van der Waals surface area contributed by atoms with Crippen molar-refractivity contribution in [1.29, 1.82) is 0 Å². The summed E-state index contributed by atoms with van der Waals surface area (Å²) in [4.78, 5) is 13.7. The van der Waals surface area contributed by atoms with Gasteiger partial charge in [0.1, 0.15) is 0 Å². The number of nitrogens with two attached hydrogens (primary N) is 1. The van der Waals surface area contributed by atoms with Gasteiger partial charge in [-0.1, -0.05) is 25.3 Å². The number of nitrogens with one attached hydrogen (secondary N) is 1. The third-order valence-electron chi connectivity index (χ3n) is 4.00. The molecule has 1 amide bonds. The van der Waals surface area contributed by atoms with E-state index in [2.05, 4.69) is 11.4 Å². The maximum absolute atomic E-state index is 12.5. The van der Waals surface area contributed by atoms with Crippen LogP contribution in [0.5, 0.6) is 0 Å². The first-order valence-electron chi connectivity index (χ1n) is 6.72. The predicted molar refractivity (Wildman–Crippen MR) is 75.4 cm³/mol. The maximum atomic E-state index is 12.5. The number of carbonyl (C=O) groups is 1. The molecule has 3 N–H and O–H groups in total. The SMILES string of the molecule is C[C@H](NC(=O)C1(CN)CCCCC1)c1cccs1. The van der Waals surface area contributed by atoms with Gasteiger partial charge in [0.05, 0.1) is 11.5 Å². The van der Waals surface area contributed by atoms with Gasteiger partial charge >= 0.3 is 0 Å². The quantitative estimate of drug-likeness (QED) is 0.880. The third kappa shape index (κ3) is 2.75. The molecule has 100 valence electrons. The Balaban J connectivity index is 2.01. The van der Waals surface area contributed by atoms with E-state index in [1.165, 1.54) is 11.3 Å². The summed E-state index contributed by atoms with van der Waals surface area (Å²) in [5.74, 6) is 0.144. The normalized spacial score (nSPS) is 20.3. The van der Waals surface area contributed by atoms with Gasteiger partial charge in [-0.05, 0) is 31.2 Å². The highest BCUT2D eigenvalue weighted by Crippen LogP contribution is 2.36. The standard InChI is InChI=1S/C14H22N2OS/c1-11(12-6-5-9-18-12)16-13(17)14(10-15)7-3-2-4-8-14/h5-6,9,11H,2-4,7-8,10,15H2,1H3,(H,16,17)/t11-/m0/s1. The van der Waals surface area contributed by atoms with Gasteiger partial charge < -0.3 is 11.1 Å². The Morgan fingerprint density at radius 1 is 1.50 bits per heavy atom. The number of rotatable bonds is 4. The van der Waals surface area contributed by atoms with Crippen molar-refractivity contribution >= 4 is 17.2 Å². The summed E-state index contributed by atoms with van der Waals surface area (Å²) in [6.07, 6.45) is 5.35. The Labute approximate surface area is 113 Å². The summed E-state index contributed by atoms with van der Waals surface area (Å²) in [7, 11) is 0. The van der Waals surface area contributed by atoms with E-state index in [-0.39, 0.29) is 17.4 Å². The van der Waals surface area contributed by atoms with Gasteiger partial charge in [-0.3, -0.25) is 4.79 Å². The van der Waals surface area contributed by atoms with Gasteiger partial charge in [-0.25, -0.2) is 0 Å². The van der Waals surface area contributed by atoms with Crippen LogP contribution >= 0.6 is 11.3 Å². The van der Waals surface area contributed by atoms with Crippen LogP contribution in [0.4, 0.5) is 0 Å². The van der Waals surface area contributed by atoms with Crippen molar-refractivity contribution in [1.82, 2.24) is 5.32 Å². The largest absolute Gasteiger partial charge is 0.348 e. The molecule has 4 heteroatoms. The third-order valence-corrected chi connectivity index (χ3v) is 5.06. The molecule has 1 fully saturated rings. The van der Waals surface area contributed by atoms with Gasteiger partial charge in [0.25, 0.3) is 0 Å². The van der Waals surface area contributed by atoms with E-state index in [0.717, 1.165) is 25.7 Å². The Bertz CT molecular complexity index is 383. The van der Waals surface area contributed by atoms with E-state index in [0.29, 0.717) is 6.54 Å². The molecule has 1 aliphatic rings. The maximum Gasteiger partial charge on any atom is 0.227 e. The molecular formula is C14H22N2OS. The summed E-state index contributed by atoms with van der Waals surface area (Å²) in [6, 6.07) is 4.16. The Hall–Kier alpha value is -0.870. The molecule has 0 saturated heterocycles. The van der Waals surface area contributed by atoms with Crippen molar-refractivity contribution in [3.8, 4) is 0 Å². The molecule has 1 aromatic heterocycles. The summed E-state index contributed by atoms with van der Waals surface area (Å²) < 4.78 is 0. The van der Waals surface area contributed by atoms with Crippen molar-refractivity contribution < 1.29 is 4.79 Å². The molecule has 1 heterocycles. The number of hydrogen-bond acceptors (Lipinski definition) is 3. The molecule has 0 unspecified atom stereocenters. The van der Waals surface area contributed by atoms with E-state index >= 15 is 0 Å². The number of carbonyl (C=O) groups excluding carboxylic acids is 1. The van der Waals surface area contributed by atoms with Gasteiger partial charge in [-0.15, -0.1) is 11.3 Å². The minimum absolute atomic E-state index is 0.0860. The van der Waals surface area contributed by atoms with Crippen LogP contribution in [0.25, 0.3) is 0 Å². The van der Waals surface area contributed by atoms with Crippen LogP contribution in [-0.4, -0.2) is 12.5 Å². The van der Waals surface area contributed by atoms with Crippen molar-refractivity contribution in [2.45, 2.75) is 45.1 Å². The smallest absolute Gasteiger partial charge is 0.227 e. The van der Waals surface area contributed by atoms with Gasteiger partial charge in [0.15, 0.2) is 0 Å². The first-order valence-corrected chi connectivity index (χ1v) is 7.60. The van der Waals surface area contributed by atoms with Gasteiger partial charge in [0, 0.05) is 11.4 Å². The van der Waals surface area contributed by atoms with Crippen LogP contribution in [0, 0.1) is 5.41 Å². The average Bonchev–Trinajstić information content (AvgIpc) is 2.93. The Morgan fingerprint density at radius 2 is 2.22 bits per heavy atom. The highest BCUT2D eigenvalue weighted by Gasteiger charge is 2.38. The average molecular weight is 266 g/mol. The molecule has 0 aromatic carbocycles. The first kappa shape index (κ1) is 13.6. The minimum Gasteiger partial charge on any atom is -0.348 e. The molecule has 1 saturated carbocycles. The van der Waals surface area contributed by atoms with Gasteiger partial charge in [-0.2, -0.15) is 0 Å². The molecule has 0 spiro atoms. The van der Waals surface area contributed by atoms with Gasteiger partial charge in [0.2, 0.25) is 5.91 Å². The fourth-order valence-electron chi connectivity index (χ4n) is 2.71. The summed E-state index contributed by atoms with van der Waals surface area (Å²) in [5.41, 5.74) is 5.56. The zero-order valence-corrected chi connectivity index (χ0v) is 11.8. The summed E-state index contributed by atoms with van der Waals surface area (Å²) in [5, 5.41) is 5.17.